The second kappa shape index (κ2) is 10.7. The number of pyridine rings is 1. The van der Waals surface area contributed by atoms with Gasteiger partial charge in [-0.15, -0.1) is 11.8 Å². The first kappa shape index (κ1) is 21.7. The minimum Gasteiger partial charge on any atom is -0.493 e. The maximum atomic E-state index is 10.7. The summed E-state index contributed by atoms with van der Waals surface area (Å²) in [6.45, 7) is 0.558. The molecule has 0 spiro atoms. The van der Waals surface area contributed by atoms with Crippen LogP contribution in [0.1, 0.15) is 17.7 Å². The summed E-state index contributed by atoms with van der Waals surface area (Å²) in [5.74, 6) is 1.35. The predicted molar refractivity (Wildman–Crippen MR) is 126 cm³/mol. The van der Waals surface area contributed by atoms with Crippen LogP contribution < -0.4 is 9.47 Å². The molecular weight excluding hydrogens is 422 g/mol. The zero-order valence-corrected chi connectivity index (χ0v) is 18.3. The SMILES string of the molecule is O=C(O)CCOc1ccccc1CSc1cccc(OCc2ccc3ccccc3n2)c1. The third-order valence-corrected chi connectivity index (χ3v) is 5.83. The molecule has 4 rings (SSSR count). The van der Waals surface area contributed by atoms with Crippen molar-refractivity contribution in [3.63, 3.8) is 0 Å². The van der Waals surface area contributed by atoms with E-state index in [9.17, 15) is 4.79 Å². The van der Waals surface area contributed by atoms with Gasteiger partial charge in [0, 0.05) is 21.6 Å². The number of hydrogen-bond donors (Lipinski definition) is 1. The number of benzene rings is 3. The van der Waals surface area contributed by atoms with Gasteiger partial charge in [0.05, 0.1) is 24.2 Å². The third-order valence-electron chi connectivity index (χ3n) is 4.79. The van der Waals surface area contributed by atoms with E-state index in [-0.39, 0.29) is 13.0 Å². The van der Waals surface area contributed by atoms with E-state index in [0.29, 0.717) is 12.4 Å². The Hall–Kier alpha value is -3.51. The molecule has 0 aliphatic heterocycles. The minimum atomic E-state index is -0.868. The topological polar surface area (TPSA) is 68.7 Å². The number of aliphatic carboxylic acids is 1. The standard InChI is InChI=1S/C26H23NO4S/c28-26(29)14-15-30-25-11-4-2-7-20(25)18-32-23-9-5-8-22(16-23)31-17-21-13-12-19-6-1-3-10-24(19)27-21/h1-13,16H,14-15,17-18H2,(H,28,29). The largest absolute Gasteiger partial charge is 0.493 e. The number of carboxylic acid groups (broad SMARTS) is 1. The first-order valence-corrected chi connectivity index (χ1v) is 11.3. The molecule has 4 aromatic rings. The molecule has 6 heteroatoms. The van der Waals surface area contributed by atoms with Crippen LogP contribution in [0.5, 0.6) is 11.5 Å². The van der Waals surface area contributed by atoms with E-state index in [1.807, 2.05) is 78.9 Å². The molecule has 0 bridgehead atoms. The lowest BCUT2D eigenvalue weighted by atomic mass is 10.2. The molecule has 1 N–H and O–H groups in total. The van der Waals surface area contributed by atoms with Crippen LogP contribution in [0.25, 0.3) is 10.9 Å². The van der Waals surface area contributed by atoms with E-state index >= 15 is 0 Å². The minimum absolute atomic E-state index is 0.0209. The smallest absolute Gasteiger partial charge is 0.306 e. The normalized spacial score (nSPS) is 10.8. The molecule has 0 fully saturated rings. The van der Waals surface area contributed by atoms with Gasteiger partial charge >= 0.3 is 5.97 Å². The summed E-state index contributed by atoms with van der Waals surface area (Å²) in [4.78, 5) is 16.4. The number of ether oxygens (including phenoxy) is 2. The molecule has 0 saturated heterocycles. The molecule has 0 unspecified atom stereocenters. The maximum absolute atomic E-state index is 10.7. The predicted octanol–water partition coefficient (Wildman–Crippen LogP) is 5.96. The Morgan fingerprint density at radius 3 is 2.66 bits per heavy atom. The highest BCUT2D eigenvalue weighted by Gasteiger charge is 2.07. The van der Waals surface area contributed by atoms with Gasteiger partial charge in [0.1, 0.15) is 18.1 Å². The van der Waals surface area contributed by atoms with Crippen molar-refractivity contribution in [3.8, 4) is 11.5 Å². The number of nitrogens with zero attached hydrogens (tertiary/aromatic N) is 1. The summed E-state index contributed by atoms with van der Waals surface area (Å²) in [6, 6.07) is 27.8. The number of hydrogen-bond acceptors (Lipinski definition) is 5. The lowest BCUT2D eigenvalue weighted by Crippen LogP contribution is -2.05. The summed E-state index contributed by atoms with van der Waals surface area (Å²) in [7, 11) is 0. The van der Waals surface area contributed by atoms with Crippen molar-refractivity contribution >= 4 is 28.6 Å². The zero-order valence-electron chi connectivity index (χ0n) is 17.4. The molecule has 32 heavy (non-hydrogen) atoms. The van der Waals surface area contributed by atoms with Gasteiger partial charge in [-0.2, -0.15) is 0 Å². The van der Waals surface area contributed by atoms with Gasteiger partial charge in [0.25, 0.3) is 0 Å². The molecule has 0 radical (unpaired) electrons. The Kier molecular flexibility index (Phi) is 7.25. The van der Waals surface area contributed by atoms with Gasteiger partial charge in [-0.05, 0) is 36.4 Å². The zero-order chi connectivity index (χ0) is 22.2. The van der Waals surface area contributed by atoms with Crippen LogP contribution in [-0.2, 0) is 17.2 Å². The van der Waals surface area contributed by atoms with Crippen LogP contribution in [-0.4, -0.2) is 22.7 Å². The molecule has 0 saturated carbocycles. The van der Waals surface area contributed by atoms with E-state index in [1.54, 1.807) is 11.8 Å². The molecule has 162 valence electrons. The van der Waals surface area contributed by atoms with Crippen LogP contribution in [0.4, 0.5) is 0 Å². The van der Waals surface area contributed by atoms with E-state index in [2.05, 4.69) is 11.1 Å². The van der Waals surface area contributed by atoms with Crippen molar-refractivity contribution in [2.24, 2.45) is 0 Å². The highest BCUT2D eigenvalue weighted by atomic mass is 32.2. The number of aromatic nitrogens is 1. The van der Waals surface area contributed by atoms with Gasteiger partial charge in [0.2, 0.25) is 0 Å². The Bertz CT molecular complexity index is 1210. The van der Waals surface area contributed by atoms with Crippen LogP contribution in [0.15, 0.2) is 89.8 Å². The number of fused-ring (bicyclic) bond motifs is 1. The van der Waals surface area contributed by atoms with Crippen molar-refractivity contribution in [3.05, 3.63) is 96.2 Å². The highest BCUT2D eigenvalue weighted by molar-refractivity contribution is 7.98. The molecule has 1 aromatic heterocycles. The van der Waals surface area contributed by atoms with E-state index in [1.165, 1.54) is 0 Å². The van der Waals surface area contributed by atoms with Crippen molar-refractivity contribution in [2.75, 3.05) is 6.61 Å². The first-order chi connectivity index (χ1) is 15.7. The van der Waals surface area contributed by atoms with Gasteiger partial charge < -0.3 is 14.6 Å². The molecule has 1 heterocycles. The summed E-state index contributed by atoms with van der Waals surface area (Å²) in [5.41, 5.74) is 2.87. The van der Waals surface area contributed by atoms with Gasteiger partial charge in [-0.1, -0.05) is 48.5 Å². The van der Waals surface area contributed by atoms with Crippen LogP contribution in [0.2, 0.25) is 0 Å². The molecule has 5 nitrogen and oxygen atoms in total. The number of para-hydroxylation sites is 2. The summed E-state index contributed by atoms with van der Waals surface area (Å²) in [6.07, 6.45) is -0.0209. The fourth-order valence-corrected chi connectivity index (χ4v) is 4.11. The molecule has 3 aromatic carbocycles. The average Bonchev–Trinajstić information content (AvgIpc) is 2.82. The molecule has 0 amide bonds. The van der Waals surface area contributed by atoms with Crippen LogP contribution in [0, 0.1) is 0 Å². The van der Waals surface area contributed by atoms with E-state index < -0.39 is 5.97 Å². The average molecular weight is 446 g/mol. The Balaban J connectivity index is 1.35. The summed E-state index contributed by atoms with van der Waals surface area (Å²) < 4.78 is 11.6. The highest BCUT2D eigenvalue weighted by Crippen LogP contribution is 2.30. The Morgan fingerprint density at radius 1 is 0.906 bits per heavy atom. The van der Waals surface area contributed by atoms with Crippen molar-refractivity contribution < 1.29 is 19.4 Å². The van der Waals surface area contributed by atoms with Gasteiger partial charge in [-0.3, -0.25) is 4.79 Å². The number of carboxylic acids is 1. The monoisotopic (exact) mass is 445 g/mol. The molecule has 0 atom stereocenters. The fraction of sp³-hybridized carbons (Fsp3) is 0.154. The van der Waals surface area contributed by atoms with Crippen molar-refractivity contribution in [1.82, 2.24) is 4.98 Å². The van der Waals surface area contributed by atoms with Crippen LogP contribution >= 0.6 is 11.8 Å². The lowest BCUT2D eigenvalue weighted by molar-refractivity contribution is -0.137. The number of carbonyl (C=O) groups is 1. The third kappa shape index (κ3) is 6.02. The van der Waals surface area contributed by atoms with Gasteiger partial charge in [0.15, 0.2) is 0 Å². The van der Waals surface area contributed by atoms with Crippen LogP contribution in [0.3, 0.4) is 0 Å². The number of rotatable bonds is 10. The quantitative estimate of drug-likeness (QED) is 0.304. The van der Waals surface area contributed by atoms with Crippen molar-refractivity contribution in [1.29, 1.82) is 0 Å². The van der Waals surface area contributed by atoms with E-state index in [4.69, 9.17) is 14.6 Å². The lowest BCUT2D eigenvalue weighted by Gasteiger charge is -2.11. The summed E-state index contributed by atoms with van der Waals surface area (Å²) >= 11 is 1.67. The van der Waals surface area contributed by atoms with Gasteiger partial charge in [-0.25, -0.2) is 4.98 Å². The second-order valence-electron chi connectivity index (χ2n) is 7.15. The second-order valence-corrected chi connectivity index (χ2v) is 8.20. The first-order valence-electron chi connectivity index (χ1n) is 10.3. The molecule has 0 aliphatic rings. The Labute approximate surface area is 191 Å². The van der Waals surface area contributed by atoms with E-state index in [0.717, 1.165) is 38.6 Å². The molecule has 0 aliphatic carbocycles. The fourth-order valence-electron chi connectivity index (χ4n) is 3.17. The van der Waals surface area contributed by atoms with Crippen molar-refractivity contribution in [2.45, 2.75) is 23.7 Å². The Morgan fingerprint density at radius 2 is 1.75 bits per heavy atom. The number of thioether (sulfide) groups is 1. The molecular formula is C26H23NO4S. The summed E-state index contributed by atoms with van der Waals surface area (Å²) in [5, 5.41) is 9.91. The maximum Gasteiger partial charge on any atom is 0.306 e.